The van der Waals surface area contributed by atoms with E-state index in [2.05, 4.69) is 20.3 Å². The fraction of sp³-hybridized carbons (Fsp3) is 0.571. The van der Waals surface area contributed by atoms with E-state index in [9.17, 15) is 0 Å². The van der Waals surface area contributed by atoms with Gasteiger partial charge in [-0.25, -0.2) is 4.98 Å². The van der Waals surface area contributed by atoms with Crippen molar-refractivity contribution in [3.05, 3.63) is 11.6 Å². The molecule has 4 nitrogen and oxygen atoms in total. The topological polar surface area (TPSA) is 50.7 Å². The molecule has 1 aromatic heterocycles. The molecule has 1 rings (SSSR count). The number of rotatable bonds is 3. The van der Waals surface area contributed by atoms with Crippen molar-refractivity contribution in [2.45, 2.75) is 19.7 Å². The lowest BCUT2D eigenvalue weighted by Crippen LogP contribution is -2.06. The minimum atomic E-state index is 0.321. The van der Waals surface area contributed by atoms with Crippen LogP contribution in [0.25, 0.3) is 0 Å². The molecule has 1 aromatic rings. The highest BCUT2D eigenvalue weighted by Gasteiger charge is 2.00. The molecule has 0 fully saturated rings. The maximum Gasteiger partial charge on any atom is 0.226 e. The first-order valence-electron chi connectivity index (χ1n) is 3.77. The Morgan fingerprint density at radius 3 is 2.67 bits per heavy atom. The van der Waals surface area contributed by atoms with Gasteiger partial charge in [0.1, 0.15) is 11.6 Å². The summed E-state index contributed by atoms with van der Waals surface area (Å²) in [5.41, 5.74) is 0. The first-order valence-corrected chi connectivity index (χ1v) is 4.31. The Balaban J connectivity index is 2.90. The van der Waals surface area contributed by atoms with E-state index in [4.69, 9.17) is 11.6 Å². The van der Waals surface area contributed by atoms with Gasteiger partial charge in [0.15, 0.2) is 0 Å². The summed E-state index contributed by atoms with van der Waals surface area (Å²) >= 11 is 5.59. The second kappa shape index (κ2) is 4.21. The van der Waals surface area contributed by atoms with Crippen LogP contribution in [0.1, 0.15) is 18.6 Å². The smallest absolute Gasteiger partial charge is 0.226 e. The minimum Gasteiger partial charge on any atom is -0.354 e. The summed E-state index contributed by atoms with van der Waals surface area (Å²) in [6.45, 7) is 4.60. The van der Waals surface area contributed by atoms with E-state index in [0.29, 0.717) is 23.5 Å². The Morgan fingerprint density at radius 1 is 1.33 bits per heavy atom. The third kappa shape index (κ3) is 2.30. The number of hydrogen-bond acceptors (Lipinski definition) is 4. The van der Waals surface area contributed by atoms with Crippen molar-refractivity contribution in [2.24, 2.45) is 0 Å². The van der Waals surface area contributed by atoms with Crippen LogP contribution in [0.3, 0.4) is 0 Å². The second-order valence-electron chi connectivity index (χ2n) is 2.29. The molecule has 0 saturated carbocycles. The van der Waals surface area contributed by atoms with E-state index in [-0.39, 0.29) is 0 Å². The van der Waals surface area contributed by atoms with Gasteiger partial charge in [-0.3, -0.25) is 0 Å². The Bertz CT molecular complexity index is 264. The number of hydrogen-bond donors (Lipinski definition) is 1. The quantitative estimate of drug-likeness (QED) is 0.725. The zero-order valence-corrected chi connectivity index (χ0v) is 7.89. The van der Waals surface area contributed by atoms with Gasteiger partial charge in [0.2, 0.25) is 5.95 Å². The Morgan fingerprint density at radius 2 is 2.08 bits per heavy atom. The molecule has 0 aromatic carbocycles. The summed E-state index contributed by atoms with van der Waals surface area (Å²) in [7, 11) is 0. The molecule has 0 unspecified atom stereocenters. The van der Waals surface area contributed by atoms with Gasteiger partial charge in [0.25, 0.3) is 0 Å². The molecule has 0 bridgehead atoms. The number of aryl methyl sites for hydroxylation is 1. The van der Waals surface area contributed by atoms with Crippen molar-refractivity contribution in [1.82, 2.24) is 15.0 Å². The number of nitrogens with one attached hydrogen (secondary N) is 1. The van der Waals surface area contributed by atoms with E-state index in [1.165, 1.54) is 0 Å². The summed E-state index contributed by atoms with van der Waals surface area (Å²) in [6, 6.07) is 0. The molecular formula is C7H11ClN4. The van der Waals surface area contributed by atoms with Gasteiger partial charge in [-0.15, -0.1) is 11.6 Å². The largest absolute Gasteiger partial charge is 0.354 e. The van der Waals surface area contributed by atoms with Crippen molar-refractivity contribution in [3.8, 4) is 0 Å². The van der Waals surface area contributed by atoms with Gasteiger partial charge < -0.3 is 5.32 Å². The van der Waals surface area contributed by atoms with Crippen molar-refractivity contribution in [1.29, 1.82) is 0 Å². The van der Waals surface area contributed by atoms with Crippen LogP contribution in [-0.2, 0) is 5.88 Å². The molecule has 12 heavy (non-hydrogen) atoms. The zero-order chi connectivity index (χ0) is 8.97. The van der Waals surface area contributed by atoms with E-state index in [1.54, 1.807) is 0 Å². The van der Waals surface area contributed by atoms with Crippen LogP contribution < -0.4 is 5.32 Å². The molecule has 66 valence electrons. The van der Waals surface area contributed by atoms with Crippen molar-refractivity contribution >= 4 is 17.5 Å². The Labute approximate surface area is 76.4 Å². The van der Waals surface area contributed by atoms with Crippen LogP contribution in [0.15, 0.2) is 0 Å². The average molecular weight is 187 g/mol. The third-order valence-corrected chi connectivity index (χ3v) is 1.49. The van der Waals surface area contributed by atoms with Crippen molar-refractivity contribution in [2.75, 3.05) is 11.9 Å². The highest BCUT2D eigenvalue weighted by atomic mass is 35.5. The summed E-state index contributed by atoms with van der Waals surface area (Å²) in [6.07, 6.45) is 0. The minimum absolute atomic E-state index is 0.321. The average Bonchev–Trinajstić information content (AvgIpc) is 2.04. The number of aromatic nitrogens is 3. The molecule has 1 N–H and O–H groups in total. The summed E-state index contributed by atoms with van der Waals surface area (Å²) in [5.74, 6) is 2.22. The number of halogens is 1. The SMILES string of the molecule is CCNc1nc(C)nc(CCl)n1. The monoisotopic (exact) mass is 186 g/mol. The molecular weight excluding hydrogens is 176 g/mol. The fourth-order valence-electron chi connectivity index (χ4n) is 0.834. The van der Waals surface area contributed by atoms with Crippen LogP contribution in [-0.4, -0.2) is 21.5 Å². The van der Waals surface area contributed by atoms with Crippen LogP contribution in [0, 0.1) is 6.92 Å². The van der Waals surface area contributed by atoms with Crippen molar-refractivity contribution in [3.63, 3.8) is 0 Å². The van der Waals surface area contributed by atoms with E-state index >= 15 is 0 Å². The van der Waals surface area contributed by atoms with Gasteiger partial charge in [0.05, 0.1) is 5.88 Å². The van der Waals surface area contributed by atoms with Crippen LogP contribution >= 0.6 is 11.6 Å². The van der Waals surface area contributed by atoms with Crippen LogP contribution in [0.4, 0.5) is 5.95 Å². The first kappa shape index (κ1) is 9.19. The highest BCUT2D eigenvalue weighted by Crippen LogP contribution is 2.02. The Hall–Kier alpha value is -0.900. The van der Waals surface area contributed by atoms with Gasteiger partial charge in [-0.05, 0) is 13.8 Å². The molecule has 0 atom stereocenters. The van der Waals surface area contributed by atoms with E-state index in [1.807, 2.05) is 13.8 Å². The second-order valence-corrected chi connectivity index (χ2v) is 2.55. The Kier molecular flexibility index (Phi) is 3.22. The number of nitrogens with zero attached hydrogens (tertiary/aromatic N) is 3. The predicted molar refractivity (Wildman–Crippen MR) is 48.3 cm³/mol. The van der Waals surface area contributed by atoms with Gasteiger partial charge in [-0.2, -0.15) is 9.97 Å². The normalized spacial score (nSPS) is 9.92. The van der Waals surface area contributed by atoms with Gasteiger partial charge in [-0.1, -0.05) is 0 Å². The highest BCUT2D eigenvalue weighted by molar-refractivity contribution is 6.16. The van der Waals surface area contributed by atoms with Gasteiger partial charge in [0, 0.05) is 6.54 Å². The molecule has 0 aliphatic rings. The molecule has 0 aliphatic carbocycles. The maximum absolute atomic E-state index is 5.59. The van der Waals surface area contributed by atoms with Crippen molar-refractivity contribution < 1.29 is 0 Å². The molecule has 0 aliphatic heterocycles. The summed E-state index contributed by atoms with van der Waals surface area (Å²) in [4.78, 5) is 12.2. The number of anilines is 1. The third-order valence-electron chi connectivity index (χ3n) is 1.25. The lowest BCUT2D eigenvalue weighted by atomic mass is 10.6. The molecule has 0 spiro atoms. The lowest BCUT2D eigenvalue weighted by Gasteiger charge is -2.02. The zero-order valence-electron chi connectivity index (χ0n) is 7.13. The van der Waals surface area contributed by atoms with E-state index in [0.717, 1.165) is 6.54 Å². The van der Waals surface area contributed by atoms with Gasteiger partial charge >= 0.3 is 0 Å². The lowest BCUT2D eigenvalue weighted by molar-refractivity contribution is 0.904. The molecule has 0 radical (unpaired) electrons. The maximum atomic E-state index is 5.59. The van der Waals surface area contributed by atoms with Crippen LogP contribution in [0.2, 0.25) is 0 Å². The molecule has 5 heteroatoms. The standard InChI is InChI=1S/C7H11ClN4/c1-3-9-7-11-5(2)10-6(4-8)12-7/h3-4H2,1-2H3,(H,9,10,11,12). The molecule has 0 saturated heterocycles. The predicted octanol–water partition coefficient (Wildman–Crippen LogP) is 1.35. The summed E-state index contributed by atoms with van der Waals surface area (Å²) < 4.78 is 0. The van der Waals surface area contributed by atoms with E-state index < -0.39 is 0 Å². The fourth-order valence-corrected chi connectivity index (χ4v) is 0.954. The molecule has 0 amide bonds. The number of alkyl halides is 1. The summed E-state index contributed by atoms with van der Waals surface area (Å²) in [5, 5.41) is 3.00. The van der Waals surface area contributed by atoms with Crippen LogP contribution in [0.5, 0.6) is 0 Å². The molecule has 1 heterocycles. The first-order chi connectivity index (χ1) is 5.76.